The summed E-state index contributed by atoms with van der Waals surface area (Å²) in [7, 11) is 0. The molecule has 0 spiro atoms. The molecule has 1 amide bonds. The van der Waals surface area contributed by atoms with Crippen molar-refractivity contribution in [1.82, 2.24) is 0 Å². The summed E-state index contributed by atoms with van der Waals surface area (Å²) in [5.41, 5.74) is 0.120. The van der Waals surface area contributed by atoms with Gasteiger partial charge < -0.3 is 15.2 Å². The maximum Gasteiger partial charge on any atom is 0.511 e. The highest BCUT2D eigenvalue weighted by Crippen LogP contribution is 2.37. The normalized spacial score (nSPS) is 9.69. The van der Waals surface area contributed by atoms with Gasteiger partial charge in [0.15, 0.2) is 5.75 Å². The zero-order valence-electron chi connectivity index (χ0n) is 8.08. The Kier molecular flexibility index (Phi) is 3.98. The van der Waals surface area contributed by atoms with Crippen LogP contribution in [0.1, 0.15) is 6.92 Å². The standard InChI is InChI=1S/C9H7Cl2NO4/c1-4(13)12-8-5(10)2-3-6(7(8)11)16-9(14)15/h2-3H,1H3,(H,12,13)(H,14,15). The molecule has 86 valence electrons. The lowest BCUT2D eigenvalue weighted by Gasteiger charge is -2.10. The van der Waals surface area contributed by atoms with Crippen molar-refractivity contribution in [2.45, 2.75) is 6.92 Å². The number of benzene rings is 1. The summed E-state index contributed by atoms with van der Waals surface area (Å²) in [5, 5.41) is 10.9. The molecule has 2 N–H and O–H groups in total. The lowest BCUT2D eigenvalue weighted by molar-refractivity contribution is -0.114. The molecule has 0 heterocycles. The highest BCUT2D eigenvalue weighted by Gasteiger charge is 2.14. The minimum atomic E-state index is -1.50. The summed E-state index contributed by atoms with van der Waals surface area (Å²) in [6, 6.07) is 2.67. The van der Waals surface area contributed by atoms with Crippen molar-refractivity contribution in [2.75, 3.05) is 5.32 Å². The van der Waals surface area contributed by atoms with Gasteiger partial charge in [-0.3, -0.25) is 4.79 Å². The molecule has 0 saturated carbocycles. The monoisotopic (exact) mass is 263 g/mol. The van der Waals surface area contributed by atoms with Crippen LogP contribution in [-0.2, 0) is 4.79 Å². The molecule has 0 saturated heterocycles. The second-order valence-corrected chi connectivity index (χ2v) is 3.57. The first-order valence-electron chi connectivity index (χ1n) is 4.08. The number of amides is 1. The Hall–Kier alpha value is -1.46. The van der Waals surface area contributed by atoms with Crippen LogP contribution < -0.4 is 10.1 Å². The molecule has 16 heavy (non-hydrogen) atoms. The lowest BCUT2D eigenvalue weighted by atomic mass is 10.3. The van der Waals surface area contributed by atoms with Gasteiger partial charge in [-0.25, -0.2) is 4.79 Å². The van der Waals surface area contributed by atoms with Gasteiger partial charge in [0.1, 0.15) is 5.02 Å². The van der Waals surface area contributed by atoms with Crippen molar-refractivity contribution in [3.05, 3.63) is 22.2 Å². The van der Waals surface area contributed by atoms with Gasteiger partial charge >= 0.3 is 6.16 Å². The summed E-state index contributed by atoms with van der Waals surface area (Å²) in [4.78, 5) is 21.2. The van der Waals surface area contributed by atoms with Gasteiger partial charge in [-0.2, -0.15) is 0 Å². The third kappa shape index (κ3) is 3.01. The molecule has 1 aromatic carbocycles. The summed E-state index contributed by atoms with van der Waals surface area (Å²) in [6.45, 7) is 1.28. The maximum absolute atomic E-state index is 10.9. The minimum absolute atomic E-state index is 0.0647. The average molecular weight is 264 g/mol. The third-order valence-corrected chi connectivity index (χ3v) is 2.24. The number of anilines is 1. The van der Waals surface area contributed by atoms with Crippen LogP contribution in [0.3, 0.4) is 0 Å². The first-order valence-corrected chi connectivity index (χ1v) is 4.83. The maximum atomic E-state index is 10.9. The van der Waals surface area contributed by atoms with Gasteiger partial charge in [-0.1, -0.05) is 23.2 Å². The third-order valence-electron chi connectivity index (χ3n) is 1.55. The zero-order chi connectivity index (χ0) is 12.3. The molecule has 1 aromatic rings. The van der Waals surface area contributed by atoms with E-state index in [2.05, 4.69) is 10.1 Å². The summed E-state index contributed by atoms with van der Waals surface area (Å²) >= 11 is 11.6. The van der Waals surface area contributed by atoms with E-state index in [1.807, 2.05) is 0 Å². The summed E-state index contributed by atoms with van der Waals surface area (Å²) < 4.78 is 4.40. The zero-order valence-corrected chi connectivity index (χ0v) is 9.59. The Morgan fingerprint density at radius 3 is 2.50 bits per heavy atom. The van der Waals surface area contributed by atoms with Gasteiger partial charge in [0.2, 0.25) is 5.91 Å². The molecule has 5 nitrogen and oxygen atoms in total. The molecule has 7 heteroatoms. The van der Waals surface area contributed by atoms with Gasteiger partial charge in [-0.05, 0) is 12.1 Å². The Morgan fingerprint density at radius 2 is 2.00 bits per heavy atom. The molecular formula is C9H7Cl2NO4. The van der Waals surface area contributed by atoms with Crippen molar-refractivity contribution in [3.63, 3.8) is 0 Å². The van der Waals surface area contributed by atoms with E-state index < -0.39 is 6.16 Å². The molecule has 0 fully saturated rings. The SMILES string of the molecule is CC(=O)Nc1c(Cl)ccc(OC(=O)O)c1Cl. The number of nitrogens with one attached hydrogen (secondary N) is 1. The van der Waals surface area contributed by atoms with Crippen LogP contribution in [0.2, 0.25) is 10.0 Å². The molecule has 0 aromatic heterocycles. The van der Waals surface area contributed by atoms with Crippen LogP contribution in [0.4, 0.5) is 10.5 Å². The Bertz CT molecular complexity index is 447. The van der Waals surface area contributed by atoms with Crippen LogP contribution in [-0.4, -0.2) is 17.2 Å². The average Bonchev–Trinajstić information content (AvgIpc) is 2.16. The summed E-state index contributed by atoms with van der Waals surface area (Å²) in [5.74, 6) is -0.474. The number of rotatable bonds is 2. The van der Waals surface area contributed by atoms with E-state index >= 15 is 0 Å². The van der Waals surface area contributed by atoms with E-state index in [9.17, 15) is 9.59 Å². The van der Waals surface area contributed by atoms with Crippen molar-refractivity contribution in [1.29, 1.82) is 0 Å². The van der Waals surface area contributed by atoms with E-state index in [1.54, 1.807) is 0 Å². The van der Waals surface area contributed by atoms with Crippen LogP contribution in [0.15, 0.2) is 12.1 Å². The van der Waals surface area contributed by atoms with Crippen molar-refractivity contribution < 1.29 is 19.4 Å². The van der Waals surface area contributed by atoms with Gasteiger partial charge in [-0.15, -0.1) is 0 Å². The Balaban J connectivity index is 3.15. The molecule has 0 radical (unpaired) electrons. The van der Waals surface area contributed by atoms with Crippen molar-refractivity contribution in [3.8, 4) is 5.75 Å². The fraction of sp³-hybridized carbons (Fsp3) is 0.111. The predicted octanol–water partition coefficient (Wildman–Crippen LogP) is 3.01. The number of carbonyl (C=O) groups is 2. The molecule has 0 unspecified atom stereocenters. The number of hydrogen-bond donors (Lipinski definition) is 2. The molecule has 0 aliphatic carbocycles. The summed E-state index contributed by atoms with van der Waals surface area (Å²) in [6.07, 6.45) is -1.50. The second-order valence-electron chi connectivity index (χ2n) is 2.78. The van der Waals surface area contributed by atoms with Gasteiger partial charge in [0, 0.05) is 6.92 Å². The number of hydrogen-bond acceptors (Lipinski definition) is 3. The van der Waals surface area contributed by atoms with Crippen molar-refractivity contribution in [2.24, 2.45) is 0 Å². The molecular weight excluding hydrogens is 257 g/mol. The molecule has 0 bridgehead atoms. The minimum Gasteiger partial charge on any atom is -0.449 e. The van der Waals surface area contributed by atoms with Crippen LogP contribution in [0, 0.1) is 0 Å². The first-order chi connectivity index (χ1) is 7.41. The Labute approximate surface area is 101 Å². The van der Waals surface area contributed by atoms with E-state index in [4.69, 9.17) is 28.3 Å². The quantitative estimate of drug-likeness (QED) is 0.635. The fourth-order valence-electron chi connectivity index (χ4n) is 0.997. The van der Waals surface area contributed by atoms with E-state index in [-0.39, 0.29) is 27.4 Å². The number of carboxylic acid groups (broad SMARTS) is 1. The molecule has 1 rings (SSSR count). The van der Waals surface area contributed by atoms with E-state index in [1.165, 1.54) is 19.1 Å². The number of ether oxygens (including phenoxy) is 1. The smallest absolute Gasteiger partial charge is 0.449 e. The largest absolute Gasteiger partial charge is 0.511 e. The van der Waals surface area contributed by atoms with E-state index in [0.29, 0.717) is 0 Å². The van der Waals surface area contributed by atoms with Gasteiger partial charge in [0.05, 0.1) is 10.7 Å². The number of halogens is 2. The molecule has 0 aliphatic heterocycles. The number of carbonyl (C=O) groups excluding carboxylic acids is 1. The fourth-order valence-corrected chi connectivity index (χ4v) is 1.50. The second kappa shape index (κ2) is 5.05. The topological polar surface area (TPSA) is 75.6 Å². The lowest BCUT2D eigenvalue weighted by Crippen LogP contribution is -2.09. The van der Waals surface area contributed by atoms with Crippen LogP contribution in [0.25, 0.3) is 0 Å². The Morgan fingerprint density at radius 1 is 1.38 bits per heavy atom. The predicted molar refractivity (Wildman–Crippen MR) is 59.4 cm³/mol. The van der Waals surface area contributed by atoms with E-state index in [0.717, 1.165) is 0 Å². The van der Waals surface area contributed by atoms with Crippen molar-refractivity contribution >= 4 is 41.0 Å². The highest BCUT2D eigenvalue weighted by atomic mass is 35.5. The van der Waals surface area contributed by atoms with Crippen LogP contribution >= 0.6 is 23.2 Å². The van der Waals surface area contributed by atoms with Gasteiger partial charge in [0.25, 0.3) is 0 Å². The van der Waals surface area contributed by atoms with Crippen LogP contribution in [0.5, 0.6) is 5.75 Å². The highest BCUT2D eigenvalue weighted by molar-refractivity contribution is 6.40. The molecule has 0 atom stereocenters. The first kappa shape index (κ1) is 12.6. The molecule has 0 aliphatic rings.